The highest BCUT2D eigenvalue weighted by atomic mass is 32.2. The minimum Gasteiger partial charge on any atom is -0.345 e. The molecule has 5 nitrogen and oxygen atoms in total. The summed E-state index contributed by atoms with van der Waals surface area (Å²) in [5.74, 6) is 0.679. The Morgan fingerprint density at radius 2 is 2.19 bits per heavy atom. The number of aryl methyl sites for hydroxylation is 1. The van der Waals surface area contributed by atoms with Gasteiger partial charge >= 0.3 is 0 Å². The zero-order valence-corrected chi connectivity index (χ0v) is 13.6. The number of hydrogen-bond donors (Lipinski definition) is 1. The van der Waals surface area contributed by atoms with E-state index in [1.54, 1.807) is 18.1 Å². The third-order valence-corrected chi connectivity index (χ3v) is 4.03. The molecular weight excluding hydrogens is 284 g/mol. The minimum absolute atomic E-state index is 0.0818. The van der Waals surface area contributed by atoms with Gasteiger partial charge in [0.05, 0.1) is 6.54 Å². The lowest BCUT2D eigenvalue weighted by molar-refractivity contribution is 0.0948. The number of amides is 1. The molecule has 1 N–H and O–H groups in total. The molecule has 0 aliphatic rings. The topological polar surface area (TPSA) is 59.8 Å². The molecule has 0 atom stereocenters. The molecule has 21 heavy (non-hydrogen) atoms. The van der Waals surface area contributed by atoms with Crippen LogP contribution in [0.4, 0.5) is 0 Å². The molecule has 2 rings (SSSR count). The van der Waals surface area contributed by atoms with Crippen molar-refractivity contribution in [2.75, 3.05) is 6.26 Å². The lowest BCUT2D eigenvalue weighted by atomic mass is 10.1. The summed E-state index contributed by atoms with van der Waals surface area (Å²) in [5.41, 5.74) is 1.67. The molecule has 2 aromatic rings. The van der Waals surface area contributed by atoms with Crippen LogP contribution in [0.25, 0.3) is 0 Å². The third-order valence-electron chi connectivity index (χ3n) is 3.30. The summed E-state index contributed by atoms with van der Waals surface area (Å²) >= 11 is 1.62. The molecule has 0 spiro atoms. The fraction of sp³-hybridized carbons (Fsp3) is 0.400. The Labute approximate surface area is 129 Å². The first-order chi connectivity index (χ1) is 10.0. The summed E-state index contributed by atoms with van der Waals surface area (Å²) in [6, 6.07) is 6.18. The Kier molecular flexibility index (Phi) is 5.01. The van der Waals surface area contributed by atoms with Gasteiger partial charge in [-0.2, -0.15) is 0 Å². The predicted molar refractivity (Wildman–Crippen MR) is 84.5 cm³/mol. The smallest absolute Gasteiger partial charge is 0.251 e. The number of carbonyl (C=O) groups is 1. The molecular formula is C15H20N4OS. The standard InChI is InChI=1S/C15H20N4OS/c1-10(2)19-9-17-18-14(19)8-16-15(20)13-7-12(21-4)6-5-11(13)3/h5-7,9-10H,8H2,1-4H3,(H,16,20). The fourth-order valence-corrected chi connectivity index (χ4v) is 2.49. The van der Waals surface area contributed by atoms with Crippen LogP contribution in [0.3, 0.4) is 0 Å². The molecule has 0 bridgehead atoms. The van der Waals surface area contributed by atoms with Gasteiger partial charge in [-0.1, -0.05) is 6.07 Å². The van der Waals surface area contributed by atoms with Gasteiger partial charge in [-0.05, 0) is 44.7 Å². The maximum absolute atomic E-state index is 12.3. The van der Waals surface area contributed by atoms with Crippen LogP contribution in [0.5, 0.6) is 0 Å². The van der Waals surface area contributed by atoms with Crippen LogP contribution in [-0.2, 0) is 6.54 Å². The Bertz CT molecular complexity index is 636. The first-order valence-electron chi connectivity index (χ1n) is 6.84. The molecule has 0 saturated heterocycles. The second kappa shape index (κ2) is 6.76. The van der Waals surface area contributed by atoms with Crippen LogP contribution in [0.1, 0.15) is 41.6 Å². The van der Waals surface area contributed by atoms with Gasteiger partial charge < -0.3 is 9.88 Å². The second-order valence-electron chi connectivity index (χ2n) is 5.11. The van der Waals surface area contributed by atoms with E-state index in [4.69, 9.17) is 0 Å². The van der Waals surface area contributed by atoms with E-state index in [9.17, 15) is 4.79 Å². The molecule has 6 heteroatoms. The fourth-order valence-electron chi connectivity index (χ4n) is 2.05. The van der Waals surface area contributed by atoms with Crippen molar-refractivity contribution >= 4 is 17.7 Å². The largest absolute Gasteiger partial charge is 0.345 e. The van der Waals surface area contributed by atoms with Crippen LogP contribution in [0, 0.1) is 6.92 Å². The number of benzene rings is 1. The molecule has 0 aliphatic carbocycles. The van der Waals surface area contributed by atoms with E-state index in [2.05, 4.69) is 29.4 Å². The normalized spacial score (nSPS) is 10.9. The highest BCUT2D eigenvalue weighted by Gasteiger charge is 2.12. The Balaban J connectivity index is 2.10. The highest BCUT2D eigenvalue weighted by Crippen LogP contribution is 2.19. The number of rotatable bonds is 5. The van der Waals surface area contributed by atoms with Gasteiger partial charge in [0.1, 0.15) is 6.33 Å². The number of thioether (sulfide) groups is 1. The molecule has 112 valence electrons. The van der Waals surface area contributed by atoms with Gasteiger partial charge in [0.25, 0.3) is 5.91 Å². The Morgan fingerprint density at radius 1 is 1.43 bits per heavy atom. The average molecular weight is 304 g/mol. The van der Waals surface area contributed by atoms with Gasteiger partial charge in [-0.3, -0.25) is 4.79 Å². The van der Waals surface area contributed by atoms with Crippen molar-refractivity contribution in [3.05, 3.63) is 41.5 Å². The first-order valence-corrected chi connectivity index (χ1v) is 8.06. The van der Waals surface area contributed by atoms with Gasteiger partial charge in [0.2, 0.25) is 0 Å². The van der Waals surface area contributed by atoms with Crippen molar-refractivity contribution in [3.63, 3.8) is 0 Å². The Morgan fingerprint density at radius 3 is 2.86 bits per heavy atom. The van der Waals surface area contributed by atoms with E-state index in [-0.39, 0.29) is 11.9 Å². The van der Waals surface area contributed by atoms with Crippen molar-refractivity contribution in [2.24, 2.45) is 0 Å². The molecule has 0 unspecified atom stereocenters. The zero-order valence-electron chi connectivity index (χ0n) is 12.8. The van der Waals surface area contributed by atoms with Crippen LogP contribution >= 0.6 is 11.8 Å². The number of nitrogens with zero attached hydrogens (tertiary/aromatic N) is 3. The van der Waals surface area contributed by atoms with E-state index < -0.39 is 0 Å². The third kappa shape index (κ3) is 3.64. The number of carbonyl (C=O) groups excluding carboxylic acids is 1. The van der Waals surface area contributed by atoms with Crippen molar-refractivity contribution < 1.29 is 4.79 Å². The van der Waals surface area contributed by atoms with Crippen LogP contribution in [-0.4, -0.2) is 26.9 Å². The molecule has 1 heterocycles. The first kappa shape index (κ1) is 15.6. The average Bonchev–Trinajstić information content (AvgIpc) is 2.94. The predicted octanol–water partition coefficient (Wildman–Crippen LogP) is 2.82. The summed E-state index contributed by atoms with van der Waals surface area (Å²) < 4.78 is 1.95. The van der Waals surface area contributed by atoms with Crippen LogP contribution < -0.4 is 5.32 Å². The summed E-state index contributed by atoms with van der Waals surface area (Å²) in [7, 11) is 0. The van der Waals surface area contributed by atoms with Crippen LogP contribution in [0.15, 0.2) is 29.4 Å². The van der Waals surface area contributed by atoms with E-state index in [0.717, 1.165) is 16.3 Å². The van der Waals surface area contributed by atoms with E-state index in [1.165, 1.54) is 0 Å². The number of hydrogen-bond acceptors (Lipinski definition) is 4. The number of nitrogens with one attached hydrogen (secondary N) is 1. The van der Waals surface area contributed by atoms with Gasteiger partial charge in [0.15, 0.2) is 5.82 Å². The molecule has 0 aliphatic heterocycles. The lowest BCUT2D eigenvalue weighted by Crippen LogP contribution is -2.25. The summed E-state index contributed by atoms with van der Waals surface area (Å²) in [6.45, 7) is 6.43. The molecule has 0 radical (unpaired) electrons. The molecule has 0 saturated carbocycles. The maximum atomic E-state index is 12.3. The zero-order chi connectivity index (χ0) is 15.4. The lowest BCUT2D eigenvalue weighted by Gasteiger charge is -2.12. The van der Waals surface area contributed by atoms with Gasteiger partial charge in [0, 0.05) is 16.5 Å². The monoisotopic (exact) mass is 304 g/mol. The molecule has 1 amide bonds. The quantitative estimate of drug-likeness (QED) is 0.863. The van der Waals surface area contributed by atoms with E-state index in [1.807, 2.05) is 35.9 Å². The van der Waals surface area contributed by atoms with Crippen molar-refractivity contribution in [2.45, 2.75) is 38.3 Å². The van der Waals surface area contributed by atoms with Crippen molar-refractivity contribution in [3.8, 4) is 0 Å². The van der Waals surface area contributed by atoms with Gasteiger partial charge in [-0.15, -0.1) is 22.0 Å². The van der Waals surface area contributed by atoms with Crippen molar-refractivity contribution in [1.82, 2.24) is 20.1 Å². The Hall–Kier alpha value is -1.82. The molecule has 1 aromatic heterocycles. The second-order valence-corrected chi connectivity index (χ2v) is 5.99. The minimum atomic E-state index is -0.0818. The summed E-state index contributed by atoms with van der Waals surface area (Å²) in [6.07, 6.45) is 3.68. The SMILES string of the molecule is CSc1ccc(C)c(C(=O)NCc2nncn2C(C)C)c1. The van der Waals surface area contributed by atoms with Gasteiger partial charge in [-0.25, -0.2) is 0 Å². The van der Waals surface area contributed by atoms with E-state index >= 15 is 0 Å². The van der Waals surface area contributed by atoms with Crippen molar-refractivity contribution in [1.29, 1.82) is 0 Å². The maximum Gasteiger partial charge on any atom is 0.251 e. The van der Waals surface area contributed by atoms with Crippen LogP contribution in [0.2, 0.25) is 0 Å². The summed E-state index contributed by atoms with van der Waals surface area (Å²) in [5, 5.41) is 10.9. The summed E-state index contributed by atoms with van der Waals surface area (Å²) in [4.78, 5) is 13.4. The molecule has 1 aromatic carbocycles. The molecule has 0 fully saturated rings. The number of aromatic nitrogens is 3. The highest BCUT2D eigenvalue weighted by molar-refractivity contribution is 7.98. The van der Waals surface area contributed by atoms with E-state index in [0.29, 0.717) is 12.1 Å².